The normalized spacial score (nSPS) is 17.9. The highest BCUT2D eigenvalue weighted by Gasteiger charge is 2.28. The van der Waals surface area contributed by atoms with Crippen LogP contribution < -0.4 is 10.2 Å². The standard InChI is InChI=1S/C22H25F2N3O4S/c23-18-6-4-16(14-19(18)24)22(28)25-20-15-17(32(29,30)27-10-12-31-13-11-27)5-7-21(20)26-8-2-1-3-9-26/h4-7,14-15H,1-3,8-13H2,(H,25,28). The summed E-state index contributed by atoms with van der Waals surface area (Å²) in [6.45, 7) is 2.72. The number of amides is 1. The number of rotatable bonds is 5. The molecule has 0 spiro atoms. The number of hydrogen-bond donors (Lipinski definition) is 1. The van der Waals surface area contributed by atoms with Gasteiger partial charge in [-0.2, -0.15) is 4.31 Å². The molecule has 2 heterocycles. The van der Waals surface area contributed by atoms with Crippen LogP contribution in [0.3, 0.4) is 0 Å². The number of ether oxygens (including phenoxy) is 1. The molecule has 0 bridgehead atoms. The van der Waals surface area contributed by atoms with E-state index >= 15 is 0 Å². The molecule has 1 amide bonds. The third-order valence-corrected chi connectivity index (χ3v) is 7.60. The maximum Gasteiger partial charge on any atom is 0.255 e. The van der Waals surface area contributed by atoms with E-state index in [0.717, 1.165) is 44.5 Å². The molecule has 10 heteroatoms. The first kappa shape index (κ1) is 22.6. The number of sulfonamides is 1. The predicted molar refractivity (Wildman–Crippen MR) is 116 cm³/mol. The van der Waals surface area contributed by atoms with E-state index < -0.39 is 27.6 Å². The van der Waals surface area contributed by atoms with Crippen molar-refractivity contribution >= 4 is 27.3 Å². The minimum absolute atomic E-state index is 0.0562. The van der Waals surface area contributed by atoms with Crippen LogP contribution in [0.5, 0.6) is 0 Å². The van der Waals surface area contributed by atoms with Gasteiger partial charge in [-0.1, -0.05) is 0 Å². The summed E-state index contributed by atoms with van der Waals surface area (Å²) in [5.41, 5.74) is 0.951. The molecule has 2 aliphatic rings. The van der Waals surface area contributed by atoms with Gasteiger partial charge in [-0.3, -0.25) is 4.79 Å². The number of halogens is 2. The molecule has 32 heavy (non-hydrogen) atoms. The van der Waals surface area contributed by atoms with Crippen molar-refractivity contribution in [3.63, 3.8) is 0 Å². The molecule has 2 saturated heterocycles. The summed E-state index contributed by atoms with van der Waals surface area (Å²) in [5.74, 6) is -2.82. The number of piperidine rings is 1. The summed E-state index contributed by atoms with van der Waals surface area (Å²) in [7, 11) is -3.77. The van der Waals surface area contributed by atoms with Crippen molar-refractivity contribution < 1.29 is 26.7 Å². The first-order chi connectivity index (χ1) is 15.4. The number of nitrogens with one attached hydrogen (secondary N) is 1. The Bertz CT molecular complexity index is 1100. The van der Waals surface area contributed by atoms with E-state index in [9.17, 15) is 22.0 Å². The molecule has 1 N–H and O–H groups in total. The Kier molecular flexibility index (Phi) is 6.73. The van der Waals surface area contributed by atoms with Gasteiger partial charge in [0.15, 0.2) is 11.6 Å². The summed E-state index contributed by atoms with van der Waals surface area (Å²) in [4.78, 5) is 14.9. The molecule has 2 aromatic carbocycles. The minimum Gasteiger partial charge on any atom is -0.379 e. The molecule has 2 fully saturated rings. The largest absolute Gasteiger partial charge is 0.379 e. The van der Waals surface area contributed by atoms with E-state index in [4.69, 9.17) is 4.74 Å². The molecule has 0 saturated carbocycles. The summed E-state index contributed by atoms with van der Waals surface area (Å²) in [6.07, 6.45) is 3.09. The minimum atomic E-state index is -3.77. The lowest BCUT2D eigenvalue weighted by Crippen LogP contribution is -2.40. The zero-order valence-electron chi connectivity index (χ0n) is 17.5. The van der Waals surface area contributed by atoms with Gasteiger partial charge in [0.25, 0.3) is 5.91 Å². The van der Waals surface area contributed by atoms with E-state index in [1.54, 1.807) is 12.1 Å². The molecule has 2 aromatic rings. The van der Waals surface area contributed by atoms with Crippen LogP contribution in [-0.4, -0.2) is 58.0 Å². The fourth-order valence-corrected chi connectivity index (χ4v) is 5.39. The van der Waals surface area contributed by atoms with Crippen LogP contribution in [0.25, 0.3) is 0 Å². The predicted octanol–water partition coefficient (Wildman–Crippen LogP) is 3.23. The molecule has 7 nitrogen and oxygen atoms in total. The van der Waals surface area contributed by atoms with Crippen molar-refractivity contribution in [3.8, 4) is 0 Å². The number of carbonyl (C=O) groups is 1. The van der Waals surface area contributed by atoms with Gasteiger partial charge < -0.3 is 15.0 Å². The van der Waals surface area contributed by atoms with Crippen LogP contribution in [0, 0.1) is 11.6 Å². The molecular formula is C22H25F2N3O4S. The first-order valence-electron chi connectivity index (χ1n) is 10.6. The molecule has 172 valence electrons. The number of morpholine rings is 1. The quantitative estimate of drug-likeness (QED) is 0.734. The number of carbonyl (C=O) groups excluding carboxylic acids is 1. The summed E-state index contributed by atoms with van der Waals surface area (Å²) in [5, 5.41) is 2.71. The SMILES string of the molecule is O=C(Nc1cc(S(=O)(=O)N2CCOCC2)ccc1N1CCCCC1)c1ccc(F)c(F)c1. The molecule has 0 unspecified atom stereocenters. The maximum absolute atomic E-state index is 13.6. The summed E-state index contributed by atoms with van der Waals surface area (Å²) in [6, 6.07) is 7.56. The Labute approximate surface area is 186 Å². The molecular weight excluding hydrogens is 440 g/mol. The topological polar surface area (TPSA) is 79.0 Å². The second kappa shape index (κ2) is 9.51. The van der Waals surface area contributed by atoms with Gasteiger partial charge in [0.1, 0.15) is 0 Å². The molecule has 0 radical (unpaired) electrons. The van der Waals surface area contributed by atoms with E-state index in [1.807, 2.05) is 0 Å². The Balaban J connectivity index is 1.68. The Morgan fingerprint density at radius 3 is 2.31 bits per heavy atom. The van der Waals surface area contributed by atoms with E-state index in [2.05, 4.69) is 10.2 Å². The number of nitrogens with zero attached hydrogens (tertiary/aromatic N) is 2. The maximum atomic E-state index is 13.6. The Hall–Kier alpha value is -2.56. The summed E-state index contributed by atoms with van der Waals surface area (Å²) >= 11 is 0. The van der Waals surface area contributed by atoms with E-state index in [0.29, 0.717) is 24.6 Å². The monoisotopic (exact) mass is 465 g/mol. The number of anilines is 2. The van der Waals surface area contributed by atoms with Crippen molar-refractivity contribution in [2.24, 2.45) is 0 Å². The van der Waals surface area contributed by atoms with E-state index in [1.165, 1.54) is 16.4 Å². The Morgan fingerprint density at radius 2 is 1.62 bits per heavy atom. The molecule has 0 aromatic heterocycles. The van der Waals surface area contributed by atoms with E-state index in [-0.39, 0.29) is 23.5 Å². The van der Waals surface area contributed by atoms with Crippen LogP contribution in [0.2, 0.25) is 0 Å². The fourth-order valence-electron chi connectivity index (χ4n) is 3.95. The average Bonchev–Trinajstić information content (AvgIpc) is 2.82. The van der Waals surface area contributed by atoms with Gasteiger partial charge in [-0.15, -0.1) is 0 Å². The highest BCUT2D eigenvalue weighted by atomic mass is 32.2. The number of benzene rings is 2. The first-order valence-corrected chi connectivity index (χ1v) is 12.0. The van der Waals surface area contributed by atoms with Crippen molar-refractivity contribution in [2.75, 3.05) is 49.6 Å². The van der Waals surface area contributed by atoms with Gasteiger partial charge in [0, 0.05) is 31.7 Å². The van der Waals surface area contributed by atoms with Crippen molar-refractivity contribution in [3.05, 3.63) is 53.6 Å². The third kappa shape index (κ3) is 4.77. The lowest BCUT2D eigenvalue weighted by molar-refractivity contribution is 0.0730. The van der Waals surface area contributed by atoms with Gasteiger partial charge in [-0.05, 0) is 55.7 Å². The van der Waals surface area contributed by atoms with Crippen molar-refractivity contribution in [2.45, 2.75) is 24.2 Å². The Morgan fingerprint density at radius 1 is 0.906 bits per heavy atom. The molecule has 0 atom stereocenters. The van der Waals surface area contributed by atoms with Gasteiger partial charge >= 0.3 is 0 Å². The van der Waals surface area contributed by atoms with Crippen molar-refractivity contribution in [1.82, 2.24) is 4.31 Å². The fraction of sp³-hybridized carbons (Fsp3) is 0.409. The lowest BCUT2D eigenvalue weighted by atomic mass is 10.1. The lowest BCUT2D eigenvalue weighted by Gasteiger charge is -2.31. The highest BCUT2D eigenvalue weighted by molar-refractivity contribution is 7.89. The van der Waals surface area contributed by atoms with Gasteiger partial charge in [-0.25, -0.2) is 17.2 Å². The number of hydrogen-bond acceptors (Lipinski definition) is 5. The highest BCUT2D eigenvalue weighted by Crippen LogP contribution is 2.32. The van der Waals surface area contributed by atoms with Crippen molar-refractivity contribution in [1.29, 1.82) is 0 Å². The zero-order valence-corrected chi connectivity index (χ0v) is 18.3. The third-order valence-electron chi connectivity index (χ3n) is 5.70. The smallest absolute Gasteiger partial charge is 0.255 e. The second-order valence-corrected chi connectivity index (χ2v) is 9.76. The van der Waals surface area contributed by atoms with Crippen LogP contribution in [0.1, 0.15) is 29.6 Å². The van der Waals surface area contributed by atoms with Crippen LogP contribution in [-0.2, 0) is 14.8 Å². The van der Waals surface area contributed by atoms with Gasteiger partial charge in [0.05, 0.1) is 29.5 Å². The molecule has 4 rings (SSSR count). The summed E-state index contributed by atoms with van der Waals surface area (Å²) < 4.78 is 59.7. The zero-order chi connectivity index (χ0) is 22.7. The van der Waals surface area contributed by atoms with Gasteiger partial charge in [0.2, 0.25) is 10.0 Å². The molecule has 0 aliphatic carbocycles. The van der Waals surface area contributed by atoms with Crippen LogP contribution in [0.4, 0.5) is 20.2 Å². The molecule has 2 aliphatic heterocycles. The second-order valence-electron chi connectivity index (χ2n) is 7.83. The van der Waals surface area contributed by atoms with Crippen LogP contribution >= 0.6 is 0 Å². The van der Waals surface area contributed by atoms with Crippen LogP contribution in [0.15, 0.2) is 41.3 Å². The average molecular weight is 466 g/mol.